The topological polar surface area (TPSA) is 47.0 Å². The maximum absolute atomic E-state index is 8.12. The molecule has 0 spiro atoms. The van der Waals surface area contributed by atoms with E-state index in [-0.39, 0.29) is 6.15 Å². The largest absolute Gasteiger partial charge is 0.373 e. The normalized spacial score (nSPS) is 10.1. The molecule has 3 nitrogen and oxygen atoms in total. The Morgan fingerprint density at radius 1 is 0.600 bits per heavy atom. The maximum Gasteiger partial charge on any atom is 0.373 e. The third-order valence-electron chi connectivity index (χ3n) is 4.77. The van der Waals surface area contributed by atoms with Crippen LogP contribution in [0.2, 0.25) is 0 Å². The van der Waals surface area contributed by atoms with E-state index in [2.05, 4.69) is 96.4 Å². The van der Waals surface area contributed by atoms with E-state index in [0.29, 0.717) is 0 Å². The van der Waals surface area contributed by atoms with Gasteiger partial charge < -0.3 is 0 Å². The Labute approximate surface area is 178 Å². The summed E-state index contributed by atoms with van der Waals surface area (Å²) in [6.07, 6.45) is 0.250. The highest BCUT2D eigenvalue weighted by Gasteiger charge is 2.08. The van der Waals surface area contributed by atoms with Gasteiger partial charge in [-0.15, -0.1) is 11.3 Å². The lowest BCUT2D eigenvalue weighted by Crippen LogP contribution is -1.82. The van der Waals surface area contributed by atoms with Crippen molar-refractivity contribution in [1.82, 2.24) is 4.98 Å². The quantitative estimate of drug-likeness (QED) is 0.334. The van der Waals surface area contributed by atoms with Crippen molar-refractivity contribution in [3.8, 4) is 33.0 Å². The number of nitrogens with zero attached hydrogens (tertiary/aromatic N) is 1. The molecule has 0 N–H and O–H groups in total. The summed E-state index contributed by atoms with van der Waals surface area (Å²) in [5, 5.41) is 5.71. The van der Waals surface area contributed by atoms with Crippen LogP contribution in [-0.2, 0) is 9.59 Å². The molecule has 1 heterocycles. The summed E-state index contributed by atoms with van der Waals surface area (Å²) in [6.45, 7) is 0. The van der Waals surface area contributed by atoms with Gasteiger partial charge in [0.25, 0.3) is 0 Å². The van der Waals surface area contributed by atoms with E-state index in [1.807, 2.05) is 6.07 Å². The molecule has 5 aromatic rings. The van der Waals surface area contributed by atoms with Gasteiger partial charge in [-0.3, -0.25) is 0 Å². The van der Waals surface area contributed by atoms with Crippen molar-refractivity contribution in [2.45, 2.75) is 0 Å². The van der Waals surface area contributed by atoms with Crippen LogP contribution in [0.4, 0.5) is 0 Å². The Morgan fingerprint density at radius 3 is 2.07 bits per heavy atom. The minimum Gasteiger partial charge on any atom is -0.236 e. The first-order valence-corrected chi connectivity index (χ1v) is 10.3. The molecule has 0 aliphatic rings. The summed E-state index contributed by atoms with van der Waals surface area (Å²) < 4.78 is 0. The van der Waals surface area contributed by atoms with Crippen LogP contribution in [-0.4, -0.2) is 11.1 Å². The second kappa shape index (κ2) is 9.10. The summed E-state index contributed by atoms with van der Waals surface area (Å²) in [4.78, 5) is 21.2. The number of benzene rings is 4. The zero-order valence-corrected chi connectivity index (χ0v) is 16.8. The van der Waals surface area contributed by atoms with Crippen LogP contribution >= 0.6 is 11.3 Å². The fraction of sp³-hybridized carbons (Fsp3) is 0. The summed E-state index contributed by atoms with van der Waals surface area (Å²) in [7, 11) is 0. The Bertz CT molecular complexity index is 1320. The molecule has 0 bridgehead atoms. The van der Waals surface area contributed by atoms with Gasteiger partial charge in [0.15, 0.2) is 0 Å². The summed E-state index contributed by atoms with van der Waals surface area (Å²) in [6, 6.07) is 34.1. The van der Waals surface area contributed by atoms with Crippen molar-refractivity contribution in [2.24, 2.45) is 0 Å². The van der Waals surface area contributed by atoms with Crippen molar-refractivity contribution in [2.75, 3.05) is 0 Å². The summed E-state index contributed by atoms with van der Waals surface area (Å²) in [5.41, 5.74) is 5.79. The second-order valence-corrected chi connectivity index (χ2v) is 7.49. The van der Waals surface area contributed by atoms with Crippen LogP contribution in [0.1, 0.15) is 0 Å². The van der Waals surface area contributed by atoms with Crippen LogP contribution < -0.4 is 0 Å². The van der Waals surface area contributed by atoms with Gasteiger partial charge in [0.2, 0.25) is 0 Å². The molecule has 0 saturated heterocycles. The van der Waals surface area contributed by atoms with Crippen molar-refractivity contribution < 1.29 is 9.59 Å². The number of carbonyl (C=O) groups excluding carboxylic acids is 2. The molecule has 0 unspecified atom stereocenters. The van der Waals surface area contributed by atoms with Crippen LogP contribution in [0, 0.1) is 0 Å². The van der Waals surface area contributed by atoms with Gasteiger partial charge in [0, 0.05) is 16.5 Å². The van der Waals surface area contributed by atoms with E-state index >= 15 is 0 Å². The second-order valence-electron chi connectivity index (χ2n) is 6.63. The number of rotatable bonds is 3. The highest BCUT2D eigenvalue weighted by atomic mass is 32.1. The first kappa shape index (κ1) is 19.5. The molecule has 0 saturated carbocycles. The molecule has 30 heavy (non-hydrogen) atoms. The number of fused-ring (bicyclic) bond motifs is 1. The van der Waals surface area contributed by atoms with Gasteiger partial charge in [0.1, 0.15) is 5.01 Å². The van der Waals surface area contributed by atoms with Crippen molar-refractivity contribution in [1.29, 1.82) is 0 Å². The van der Waals surface area contributed by atoms with E-state index in [1.165, 1.54) is 27.5 Å². The average Bonchev–Trinajstić information content (AvgIpc) is 3.30. The Kier molecular flexibility index (Phi) is 5.90. The van der Waals surface area contributed by atoms with Crippen LogP contribution in [0.3, 0.4) is 0 Å². The predicted octanol–water partition coefficient (Wildman–Crippen LogP) is 6.71. The highest BCUT2D eigenvalue weighted by molar-refractivity contribution is 7.13. The first-order chi connectivity index (χ1) is 14.8. The van der Waals surface area contributed by atoms with Crippen LogP contribution in [0.15, 0.2) is 102 Å². The smallest absolute Gasteiger partial charge is 0.236 e. The van der Waals surface area contributed by atoms with E-state index in [4.69, 9.17) is 14.6 Å². The molecular weight excluding hydrogens is 390 g/mol. The molecule has 0 aliphatic heterocycles. The minimum absolute atomic E-state index is 0.250. The number of aromatic nitrogens is 1. The molecule has 0 radical (unpaired) electrons. The maximum atomic E-state index is 8.12. The molecule has 4 heteroatoms. The molecule has 0 fully saturated rings. The first-order valence-electron chi connectivity index (χ1n) is 9.38. The molecule has 0 aliphatic carbocycles. The van der Waals surface area contributed by atoms with E-state index < -0.39 is 0 Å². The van der Waals surface area contributed by atoms with E-state index in [0.717, 1.165) is 16.3 Å². The lowest BCUT2D eigenvalue weighted by Gasteiger charge is -2.04. The monoisotopic (exact) mass is 407 g/mol. The fourth-order valence-corrected chi connectivity index (χ4v) is 4.18. The number of hydrogen-bond acceptors (Lipinski definition) is 4. The Hall–Kier alpha value is -3.85. The van der Waals surface area contributed by atoms with Gasteiger partial charge in [-0.25, -0.2) is 4.98 Å². The van der Waals surface area contributed by atoms with E-state index in [1.54, 1.807) is 11.3 Å². The molecule has 4 aromatic carbocycles. The molecule has 0 atom stereocenters. The molecule has 0 amide bonds. The predicted molar refractivity (Wildman–Crippen MR) is 121 cm³/mol. The van der Waals surface area contributed by atoms with Crippen molar-refractivity contribution >= 4 is 28.3 Å². The third kappa shape index (κ3) is 4.26. The Balaban J connectivity index is 0.000000687. The average molecular weight is 407 g/mol. The lowest BCUT2D eigenvalue weighted by atomic mass is 10.0. The van der Waals surface area contributed by atoms with Gasteiger partial charge in [-0.1, -0.05) is 84.9 Å². The molecular formula is C26H17NO2S. The molecule has 144 valence electrons. The van der Waals surface area contributed by atoms with Gasteiger partial charge in [-0.05, 0) is 34.0 Å². The molecule has 1 aromatic heterocycles. The molecule has 5 rings (SSSR count). The zero-order valence-electron chi connectivity index (χ0n) is 16.0. The standard InChI is InChI=1S/C25H17NS.CO2/c1-2-7-18(8-3-1)21-11-6-12-22(15-21)24-17-27-25(26-24)23-14-13-19-9-4-5-10-20(19)16-23;2-1-3/h1-17H;. The summed E-state index contributed by atoms with van der Waals surface area (Å²) >= 11 is 1.70. The lowest BCUT2D eigenvalue weighted by molar-refractivity contribution is -0.191. The van der Waals surface area contributed by atoms with Crippen LogP contribution in [0.5, 0.6) is 0 Å². The van der Waals surface area contributed by atoms with Gasteiger partial charge in [-0.2, -0.15) is 9.59 Å². The number of hydrogen-bond donors (Lipinski definition) is 0. The Morgan fingerprint density at radius 2 is 1.27 bits per heavy atom. The van der Waals surface area contributed by atoms with Crippen molar-refractivity contribution in [3.05, 3.63) is 102 Å². The third-order valence-corrected chi connectivity index (χ3v) is 5.66. The van der Waals surface area contributed by atoms with E-state index in [9.17, 15) is 0 Å². The minimum atomic E-state index is 0.250. The number of thiazole rings is 1. The van der Waals surface area contributed by atoms with Crippen molar-refractivity contribution in [3.63, 3.8) is 0 Å². The fourth-order valence-electron chi connectivity index (χ4n) is 3.35. The van der Waals surface area contributed by atoms with Gasteiger partial charge in [0.05, 0.1) is 5.69 Å². The SMILES string of the molecule is O=C=O.c1ccc(-c2cccc(-c3csc(-c4ccc5ccccc5c4)n3)c2)cc1. The van der Waals surface area contributed by atoms with Gasteiger partial charge >= 0.3 is 6.15 Å². The van der Waals surface area contributed by atoms with Crippen LogP contribution in [0.25, 0.3) is 43.7 Å². The summed E-state index contributed by atoms with van der Waals surface area (Å²) in [5.74, 6) is 0. The zero-order chi connectivity index (χ0) is 20.8. The highest BCUT2D eigenvalue weighted by Crippen LogP contribution is 2.32.